The van der Waals surface area contributed by atoms with E-state index in [1.165, 1.54) is 0 Å². The van der Waals surface area contributed by atoms with Crippen LogP contribution in [-0.4, -0.2) is 85.2 Å². The first-order valence-electron chi connectivity index (χ1n) is 14.7. The van der Waals surface area contributed by atoms with Gasteiger partial charge in [-0.2, -0.15) is 5.10 Å². The maximum atomic E-state index is 13.9. The summed E-state index contributed by atoms with van der Waals surface area (Å²) in [4.78, 5) is 4.05. The summed E-state index contributed by atoms with van der Waals surface area (Å²) in [6, 6.07) is 9.24. The maximum Gasteiger partial charge on any atom is 0.251 e. The number of rotatable bonds is 10. The molecule has 7 nitrogen and oxygen atoms in total. The SMILES string of the molecule is COc1cc(OCCN2CC(CF)C2)ccc1[C@@H]1c2ccc3c(cnn3C3CCCCO3)c2C[C@@H](C)N1CC(F)F. The quantitative estimate of drug-likeness (QED) is 0.314. The minimum absolute atomic E-state index is 0.0784. The summed E-state index contributed by atoms with van der Waals surface area (Å²) in [5.41, 5.74) is 3.97. The summed E-state index contributed by atoms with van der Waals surface area (Å²) in [6.45, 7) is 4.87. The van der Waals surface area contributed by atoms with Crippen molar-refractivity contribution in [2.24, 2.45) is 5.92 Å². The number of likely N-dealkylation sites (tertiary alicyclic amines) is 1. The zero-order chi connectivity index (χ0) is 28.5. The van der Waals surface area contributed by atoms with Gasteiger partial charge in [0.05, 0.1) is 38.1 Å². The molecule has 2 aromatic carbocycles. The number of nitrogens with zero attached hydrogens (tertiary/aromatic N) is 4. The second-order valence-electron chi connectivity index (χ2n) is 11.6. The largest absolute Gasteiger partial charge is 0.496 e. The van der Waals surface area contributed by atoms with E-state index in [2.05, 4.69) is 17.0 Å². The molecule has 0 N–H and O–H groups in total. The van der Waals surface area contributed by atoms with Crippen molar-refractivity contribution in [2.75, 3.05) is 53.2 Å². The topological polar surface area (TPSA) is 52.0 Å². The Bertz CT molecular complexity index is 1340. The van der Waals surface area contributed by atoms with E-state index in [-0.39, 0.29) is 31.4 Å². The van der Waals surface area contributed by atoms with Crippen molar-refractivity contribution >= 4 is 10.9 Å². The summed E-state index contributed by atoms with van der Waals surface area (Å²) in [5.74, 6) is 1.39. The molecule has 0 amide bonds. The normalized spacial score (nSPS) is 24.0. The van der Waals surface area contributed by atoms with Gasteiger partial charge in [-0.3, -0.25) is 14.2 Å². The van der Waals surface area contributed by atoms with Gasteiger partial charge in [0.2, 0.25) is 0 Å². The van der Waals surface area contributed by atoms with Crippen molar-refractivity contribution in [1.29, 1.82) is 0 Å². The van der Waals surface area contributed by atoms with Gasteiger partial charge in [0, 0.05) is 55.2 Å². The summed E-state index contributed by atoms with van der Waals surface area (Å²) in [7, 11) is 1.60. The van der Waals surface area contributed by atoms with E-state index in [0.717, 1.165) is 73.1 Å². The molecule has 222 valence electrons. The van der Waals surface area contributed by atoms with E-state index in [1.807, 2.05) is 40.9 Å². The second kappa shape index (κ2) is 12.2. The van der Waals surface area contributed by atoms with Gasteiger partial charge in [-0.1, -0.05) is 6.07 Å². The van der Waals surface area contributed by atoms with E-state index >= 15 is 0 Å². The first-order chi connectivity index (χ1) is 20.0. The number of halogens is 3. The summed E-state index contributed by atoms with van der Waals surface area (Å²) in [6.07, 6.45) is 3.10. The number of hydrogen-bond acceptors (Lipinski definition) is 6. The lowest BCUT2D eigenvalue weighted by atomic mass is 9.83. The number of ether oxygens (including phenoxy) is 3. The van der Waals surface area contributed by atoms with Crippen molar-refractivity contribution in [1.82, 2.24) is 19.6 Å². The van der Waals surface area contributed by atoms with Crippen LogP contribution in [0.4, 0.5) is 13.2 Å². The average molecular weight is 573 g/mol. The Labute approximate surface area is 239 Å². The Balaban J connectivity index is 1.31. The molecule has 0 bridgehead atoms. The molecule has 4 heterocycles. The first-order valence-corrected chi connectivity index (χ1v) is 14.7. The van der Waals surface area contributed by atoms with Crippen LogP contribution in [-0.2, 0) is 11.2 Å². The highest BCUT2D eigenvalue weighted by atomic mass is 19.3. The smallest absolute Gasteiger partial charge is 0.251 e. The second-order valence-corrected chi connectivity index (χ2v) is 11.6. The predicted octanol–water partition coefficient (Wildman–Crippen LogP) is 5.63. The molecule has 2 saturated heterocycles. The van der Waals surface area contributed by atoms with Gasteiger partial charge < -0.3 is 14.2 Å². The van der Waals surface area contributed by atoms with Crippen LogP contribution in [0.1, 0.15) is 55.1 Å². The van der Waals surface area contributed by atoms with Crippen LogP contribution in [0, 0.1) is 5.92 Å². The Kier molecular flexibility index (Phi) is 8.42. The van der Waals surface area contributed by atoms with E-state index in [0.29, 0.717) is 24.5 Å². The van der Waals surface area contributed by atoms with Gasteiger partial charge in [0.15, 0.2) is 6.23 Å². The third-order valence-electron chi connectivity index (χ3n) is 8.82. The Morgan fingerprint density at radius 3 is 2.68 bits per heavy atom. The van der Waals surface area contributed by atoms with Gasteiger partial charge in [-0.15, -0.1) is 0 Å². The Hall–Kier alpha value is -2.82. The van der Waals surface area contributed by atoms with Crippen LogP contribution in [0.2, 0.25) is 0 Å². The van der Waals surface area contributed by atoms with Crippen LogP contribution in [0.5, 0.6) is 11.5 Å². The Morgan fingerprint density at radius 2 is 1.95 bits per heavy atom. The fourth-order valence-corrected chi connectivity index (χ4v) is 6.72. The monoisotopic (exact) mass is 572 g/mol. The molecule has 3 aliphatic heterocycles. The van der Waals surface area contributed by atoms with Crippen molar-refractivity contribution < 1.29 is 27.4 Å². The molecule has 10 heteroatoms. The number of methoxy groups -OCH3 is 1. The van der Waals surface area contributed by atoms with Gasteiger partial charge in [0.25, 0.3) is 6.43 Å². The highest BCUT2D eigenvalue weighted by molar-refractivity contribution is 5.84. The van der Waals surface area contributed by atoms with E-state index in [4.69, 9.17) is 19.3 Å². The molecule has 3 aromatic rings. The van der Waals surface area contributed by atoms with Crippen molar-refractivity contribution in [3.05, 3.63) is 53.2 Å². The van der Waals surface area contributed by atoms with Gasteiger partial charge in [-0.25, -0.2) is 13.5 Å². The number of alkyl halides is 3. The molecule has 1 unspecified atom stereocenters. The lowest BCUT2D eigenvalue weighted by Gasteiger charge is -2.42. The average Bonchev–Trinajstić information content (AvgIpc) is 3.40. The lowest BCUT2D eigenvalue weighted by molar-refractivity contribution is -0.0366. The molecule has 3 atom stereocenters. The van der Waals surface area contributed by atoms with Crippen LogP contribution >= 0.6 is 0 Å². The molecule has 0 saturated carbocycles. The zero-order valence-electron chi connectivity index (χ0n) is 23.8. The van der Waals surface area contributed by atoms with Gasteiger partial charge in [0.1, 0.15) is 18.1 Å². The fourth-order valence-electron chi connectivity index (χ4n) is 6.72. The molecule has 0 spiro atoms. The molecule has 6 rings (SSSR count). The summed E-state index contributed by atoms with van der Waals surface area (Å²) in [5, 5.41) is 5.76. The molecule has 1 aromatic heterocycles. The molecular formula is C31H39F3N4O3. The number of fused-ring (bicyclic) bond motifs is 3. The van der Waals surface area contributed by atoms with Crippen molar-refractivity contribution in [3.8, 4) is 11.5 Å². The third kappa shape index (κ3) is 5.66. The minimum Gasteiger partial charge on any atom is -0.496 e. The number of hydrogen-bond donors (Lipinski definition) is 0. The van der Waals surface area contributed by atoms with Crippen LogP contribution in [0.25, 0.3) is 10.9 Å². The summed E-state index contributed by atoms with van der Waals surface area (Å²) >= 11 is 0. The number of benzene rings is 2. The van der Waals surface area contributed by atoms with E-state index in [1.54, 1.807) is 7.11 Å². The van der Waals surface area contributed by atoms with Gasteiger partial charge >= 0.3 is 0 Å². The highest BCUT2D eigenvalue weighted by Crippen LogP contribution is 2.45. The summed E-state index contributed by atoms with van der Waals surface area (Å²) < 4.78 is 60.3. The highest BCUT2D eigenvalue weighted by Gasteiger charge is 2.38. The van der Waals surface area contributed by atoms with Crippen LogP contribution in [0.3, 0.4) is 0 Å². The van der Waals surface area contributed by atoms with Gasteiger partial charge in [-0.05, 0) is 61.9 Å². The molecule has 41 heavy (non-hydrogen) atoms. The molecule has 2 fully saturated rings. The molecule has 0 radical (unpaired) electrons. The molecule has 3 aliphatic rings. The molecular weight excluding hydrogens is 533 g/mol. The Morgan fingerprint density at radius 1 is 1.12 bits per heavy atom. The predicted molar refractivity (Wildman–Crippen MR) is 151 cm³/mol. The first kappa shape index (κ1) is 28.3. The standard InChI is InChI=1S/C31H39F3N4O3/c1-20-13-25-23(8-9-27-26(25)16-35-38(27)30-5-3-4-11-41-30)31(37(20)19-29(33)34)24-7-6-22(14-28(24)39-2)40-12-10-36-17-21(15-32)18-36/h6-9,14,16,20-21,29-31H,3-5,10-13,15,17-19H2,1-2H3/t20-,30?,31+/m1/s1. The van der Waals surface area contributed by atoms with E-state index < -0.39 is 12.5 Å². The third-order valence-corrected chi connectivity index (χ3v) is 8.82. The minimum atomic E-state index is -2.47. The maximum absolute atomic E-state index is 13.9. The fraction of sp³-hybridized carbons (Fsp3) is 0.581. The van der Waals surface area contributed by atoms with Crippen LogP contribution in [0.15, 0.2) is 36.5 Å². The van der Waals surface area contributed by atoms with Crippen LogP contribution < -0.4 is 9.47 Å². The number of aromatic nitrogens is 2. The zero-order valence-corrected chi connectivity index (χ0v) is 23.8. The lowest BCUT2D eigenvalue weighted by Crippen LogP contribution is -2.49. The van der Waals surface area contributed by atoms with E-state index in [9.17, 15) is 13.2 Å². The van der Waals surface area contributed by atoms with Crippen molar-refractivity contribution in [2.45, 2.75) is 57.3 Å². The molecule has 0 aliphatic carbocycles. The van der Waals surface area contributed by atoms with Crippen molar-refractivity contribution in [3.63, 3.8) is 0 Å².